The highest BCUT2D eigenvalue weighted by atomic mass is 79.9. The molecule has 3 aromatic rings. The van der Waals surface area contributed by atoms with Gasteiger partial charge >= 0.3 is 5.69 Å². The third-order valence-corrected chi connectivity index (χ3v) is 6.14. The lowest BCUT2D eigenvalue weighted by atomic mass is 10.1. The normalized spacial score (nSPS) is 15.5. The van der Waals surface area contributed by atoms with Crippen molar-refractivity contribution in [3.05, 3.63) is 68.9 Å². The largest absolute Gasteiger partial charge is 0.454 e. The van der Waals surface area contributed by atoms with Gasteiger partial charge in [-0.1, -0.05) is 22.0 Å². The van der Waals surface area contributed by atoms with E-state index >= 15 is 0 Å². The summed E-state index contributed by atoms with van der Waals surface area (Å²) in [4.78, 5) is 24.2. The van der Waals surface area contributed by atoms with E-state index in [-0.39, 0.29) is 18.3 Å². The Kier molecular flexibility index (Phi) is 5.97. The van der Waals surface area contributed by atoms with E-state index in [2.05, 4.69) is 36.1 Å². The second-order valence-corrected chi connectivity index (χ2v) is 8.65. The standard InChI is InChI=1S/C22H21BrN6O4/c23-16-2-4-17(5-3-16)26-21-20(29(30)31)22(25-13-24-21)28-9-7-27(8-10-28)12-15-1-6-18-19(11-15)33-14-32-18/h1-6,11,13H,7-10,12,14H2,(H,24,25,26). The van der Waals surface area contributed by atoms with Crippen molar-refractivity contribution in [3.63, 3.8) is 0 Å². The quantitative estimate of drug-likeness (QED) is 0.388. The molecule has 2 aliphatic rings. The Morgan fingerprint density at radius 1 is 1.03 bits per heavy atom. The van der Waals surface area contributed by atoms with Crippen molar-refractivity contribution in [1.29, 1.82) is 0 Å². The van der Waals surface area contributed by atoms with Crippen molar-refractivity contribution in [2.75, 3.05) is 43.2 Å². The van der Waals surface area contributed by atoms with Crippen LogP contribution in [0.1, 0.15) is 5.56 Å². The van der Waals surface area contributed by atoms with Gasteiger partial charge in [-0.25, -0.2) is 9.97 Å². The molecule has 2 aromatic carbocycles. The van der Waals surface area contributed by atoms with Crippen LogP contribution in [-0.4, -0.2) is 52.8 Å². The first-order chi connectivity index (χ1) is 16.1. The van der Waals surface area contributed by atoms with Gasteiger partial charge < -0.3 is 19.7 Å². The fraction of sp³-hybridized carbons (Fsp3) is 0.273. The van der Waals surface area contributed by atoms with Gasteiger partial charge in [0.25, 0.3) is 0 Å². The Labute approximate surface area is 198 Å². The smallest absolute Gasteiger partial charge is 0.353 e. The van der Waals surface area contributed by atoms with Crippen LogP contribution < -0.4 is 19.7 Å². The molecule has 0 bridgehead atoms. The maximum atomic E-state index is 11.9. The number of anilines is 3. The fourth-order valence-corrected chi connectivity index (χ4v) is 4.21. The summed E-state index contributed by atoms with van der Waals surface area (Å²) in [7, 11) is 0. The van der Waals surface area contributed by atoms with Gasteiger partial charge in [-0.05, 0) is 42.0 Å². The molecule has 0 unspecified atom stereocenters. The van der Waals surface area contributed by atoms with Crippen LogP contribution in [-0.2, 0) is 6.54 Å². The number of rotatable bonds is 6. The lowest BCUT2D eigenvalue weighted by Crippen LogP contribution is -2.46. The fourth-order valence-electron chi connectivity index (χ4n) is 3.95. The average Bonchev–Trinajstić information content (AvgIpc) is 3.29. The van der Waals surface area contributed by atoms with Crippen LogP contribution in [0.3, 0.4) is 0 Å². The zero-order valence-corrected chi connectivity index (χ0v) is 19.2. The molecule has 33 heavy (non-hydrogen) atoms. The summed E-state index contributed by atoms with van der Waals surface area (Å²) in [6.45, 7) is 3.79. The van der Waals surface area contributed by atoms with E-state index in [1.54, 1.807) is 0 Å². The van der Waals surface area contributed by atoms with Crippen molar-refractivity contribution < 1.29 is 14.4 Å². The number of hydrogen-bond acceptors (Lipinski definition) is 9. The molecule has 0 atom stereocenters. The van der Waals surface area contributed by atoms with Crippen LogP contribution in [0.4, 0.5) is 23.0 Å². The van der Waals surface area contributed by atoms with E-state index in [1.165, 1.54) is 6.33 Å². The van der Waals surface area contributed by atoms with Gasteiger partial charge in [0.2, 0.25) is 18.4 Å². The lowest BCUT2D eigenvalue weighted by Gasteiger charge is -2.35. The van der Waals surface area contributed by atoms with E-state index < -0.39 is 4.92 Å². The third kappa shape index (κ3) is 4.69. The Balaban J connectivity index is 1.28. The molecule has 2 aliphatic heterocycles. The Morgan fingerprint density at radius 3 is 2.55 bits per heavy atom. The number of benzene rings is 2. The predicted molar refractivity (Wildman–Crippen MR) is 126 cm³/mol. The first-order valence-electron chi connectivity index (χ1n) is 10.4. The number of nitro groups is 1. The highest BCUT2D eigenvalue weighted by Crippen LogP contribution is 2.35. The highest BCUT2D eigenvalue weighted by Gasteiger charge is 2.29. The van der Waals surface area contributed by atoms with Crippen LogP contribution in [0.5, 0.6) is 11.5 Å². The molecule has 0 amide bonds. The summed E-state index contributed by atoms with van der Waals surface area (Å²) < 4.78 is 11.8. The lowest BCUT2D eigenvalue weighted by molar-refractivity contribution is -0.383. The number of nitrogens with one attached hydrogen (secondary N) is 1. The first kappa shape index (κ1) is 21.4. The molecule has 11 heteroatoms. The molecule has 1 aromatic heterocycles. The van der Waals surface area contributed by atoms with E-state index in [9.17, 15) is 10.1 Å². The number of ether oxygens (including phenoxy) is 2. The molecule has 0 spiro atoms. The second kappa shape index (κ2) is 9.20. The molecular weight excluding hydrogens is 492 g/mol. The van der Waals surface area contributed by atoms with Crippen molar-refractivity contribution >= 4 is 38.9 Å². The summed E-state index contributed by atoms with van der Waals surface area (Å²) in [5, 5.41) is 15.0. The molecule has 1 N–H and O–H groups in total. The molecule has 170 valence electrons. The Hall–Kier alpha value is -3.44. The molecule has 1 saturated heterocycles. The number of piperazine rings is 1. The van der Waals surface area contributed by atoms with Crippen LogP contribution in [0.2, 0.25) is 0 Å². The summed E-state index contributed by atoms with van der Waals surface area (Å²) in [5.41, 5.74) is 1.73. The second-order valence-electron chi connectivity index (χ2n) is 7.73. The monoisotopic (exact) mass is 512 g/mol. The van der Waals surface area contributed by atoms with Crippen LogP contribution in [0.25, 0.3) is 0 Å². The molecule has 1 fully saturated rings. The van der Waals surface area contributed by atoms with Crippen LogP contribution in [0.15, 0.2) is 53.3 Å². The van der Waals surface area contributed by atoms with Gasteiger partial charge in [-0.15, -0.1) is 0 Å². The number of hydrogen-bond donors (Lipinski definition) is 1. The first-order valence-corrected chi connectivity index (χ1v) is 11.2. The van der Waals surface area contributed by atoms with Crippen LogP contribution in [0, 0.1) is 10.1 Å². The van der Waals surface area contributed by atoms with Crippen molar-refractivity contribution in [2.45, 2.75) is 6.54 Å². The number of aromatic nitrogens is 2. The van der Waals surface area contributed by atoms with Crippen LogP contribution >= 0.6 is 15.9 Å². The molecule has 0 aliphatic carbocycles. The minimum atomic E-state index is -0.421. The molecule has 5 rings (SSSR count). The summed E-state index contributed by atoms with van der Waals surface area (Å²) >= 11 is 3.39. The molecule has 3 heterocycles. The maximum absolute atomic E-state index is 11.9. The van der Waals surface area contributed by atoms with E-state index in [0.29, 0.717) is 24.6 Å². The van der Waals surface area contributed by atoms with Gasteiger partial charge in [0, 0.05) is 42.9 Å². The van der Waals surface area contributed by atoms with E-state index in [4.69, 9.17) is 9.47 Å². The third-order valence-electron chi connectivity index (χ3n) is 5.61. The van der Waals surface area contributed by atoms with Gasteiger partial charge in [0.05, 0.1) is 4.92 Å². The summed E-state index contributed by atoms with van der Waals surface area (Å²) in [6, 6.07) is 13.3. The minimum absolute atomic E-state index is 0.121. The topological polar surface area (TPSA) is 106 Å². The van der Waals surface area contributed by atoms with Crippen molar-refractivity contribution in [1.82, 2.24) is 14.9 Å². The SMILES string of the molecule is O=[N+]([O-])c1c(Nc2ccc(Br)cc2)ncnc1N1CCN(Cc2ccc3c(c2)OCO3)CC1. The number of fused-ring (bicyclic) bond motifs is 1. The Morgan fingerprint density at radius 2 is 1.79 bits per heavy atom. The van der Waals surface area contributed by atoms with E-state index in [1.807, 2.05) is 47.4 Å². The number of halogens is 1. The summed E-state index contributed by atoms with van der Waals surface area (Å²) in [6.07, 6.45) is 1.36. The zero-order valence-electron chi connectivity index (χ0n) is 17.6. The maximum Gasteiger partial charge on any atom is 0.353 e. The van der Waals surface area contributed by atoms with Gasteiger partial charge in [-0.3, -0.25) is 15.0 Å². The average molecular weight is 513 g/mol. The molecule has 0 radical (unpaired) electrons. The summed E-state index contributed by atoms with van der Waals surface area (Å²) in [5.74, 6) is 2.05. The van der Waals surface area contributed by atoms with Crippen molar-refractivity contribution in [3.8, 4) is 11.5 Å². The van der Waals surface area contributed by atoms with Gasteiger partial charge in [0.15, 0.2) is 11.5 Å². The zero-order chi connectivity index (χ0) is 22.8. The Bertz CT molecular complexity index is 1170. The molecule has 10 nitrogen and oxygen atoms in total. The molecule has 0 saturated carbocycles. The predicted octanol–water partition coefficient (Wildman–Crippen LogP) is 3.94. The van der Waals surface area contributed by atoms with Gasteiger partial charge in [0.1, 0.15) is 6.33 Å². The van der Waals surface area contributed by atoms with Gasteiger partial charge in [-0.2, -0.15) is 0 Å². The highest BCUT2D eigenvalue weighted by molar-refractivity contribution is 9.10. The van der Waals surface area contributed by atoms with Crippen molar-refractivity contribution in [2.24, 2.45) is 0 Å². The molecular formula is C22H21BrN6O4. The number of nitrogens with zero attached hydrogens (tertiary/aromatic N) is 5. The minimum Gasteiger partial charge on any atom is -0.454 e. The van der Waals surface area contributed by atoms with E-state index in [0.717, 1.165) is 41.2 Å².